The molecule has 0 radical (unpaired) electrons. The van der Waals surface area contributed by atoms with Crippen molar-refractivity contribution in [2.45, 2.75) is 58.1 Å². The molecular weight excluding hydrogens is 430 g/mol. The van der Waals surface area contributed by atoms with Crippen molar-refractivity contribution in [3.05, 3.63) is 11.8 Å². The van der Waals surface area contributed by atoms with Gasteiger partial charge in [0.2, 0.25) is 11.7 Å². The van der Waals surface area contributed by atoms with Crippen molar-refractivity contribution in [1.82, 2.24) is 10.6 Å². The van der Waals surface area contributed by atoms with Crippen molar-refractivity contribution < 1.29 is 47.7 Å². The summed E-state index contributed by atoms with van der Waals surface area (Å²) in [5, 5.41) is 14.1. The molecule has 2 N–H and O–H groups in total. The maximum absolute atomic E-state index is 12.1. The molecule has 0 saturated carbocycles. The Hall–Kier alpha value is -3.82. The van der Waals surface area contributed by atoms with Crippen LogP contribution in [0.5, 0.6) is 0 Å². The second-order valence-corrected chi connectivity index (χ2v) is 6.64. The minimum atomic E-state index is -1.47. The van der Waals surface area contributed by atoms with E-state index in [0.29, 0.717) is 0 Å². The van der Waals surface area contributed by atoms with Crippen molar-refractivity contribution in [2.75, 3.05) is 13.7 Å². The summed E-state index contributed by atoms with van der Waals surface area (Å²) in [4.78, 5) is 58.8. The van der Waals surface area contributed by atoms with Crippen LogP contribution in [-0.4, -0.2) is 73.9 Å². The molecule has 0 aliphatic carbocycles. The van der Waals surface area contributed by atoms with Crippen LogP contribution in [-0.2, 0) is 47.7 Å². The first-order valence-corrected chi connectivity index (χ1v) is 9.36. The quantitative estimate of drug-likeness (QED) is 0.184. The Morgan fingerprint density at radius 1 is 1.09 bits per heavy atom. The lowest BCUT2D eigenvalue weighted by molar-refractivity contribution is -0.188. The molecule has 13 heteroatoms. The van der Waals surface area contributed by atoms with Crippen molar-refractivity contribution in [3.63, 3.8) is 0 Å². The Labute approximate surface area is 183 Å². The fourth-order valence-corrected chi connectivity index (χ4v) is 2.99. The number of ether oxygens (including phenoxy) is 5. The predicted molar refractivity (Wildman–Crippen MR) is 103 cm³/mol. The molecule has 0 aromatic rings. The number of nitrogens with zero attached hydrogens (tertiary/aromatic N) is 1. The number of rotatable bonds is 9. The molecule has 0 fully saturated rings. The molecule has 1 rings (SSSR count). The van der Waals surface area contributed by atoms with E-state index in [1.165, 1.54) is 13.0 Å². The van der Waals surface area contributed by atoms with Gasteiger partial charge in [0, 0.05) is 27.7 Å². The van der Waals surface area contributed by atoms with Crippen molar-refractivity contribution in [2.24, 2.45) is 0 Å². The molecule has 176 valence electrons. The number of methoxy groups -OCH3 is 1. The summed E-state index contributed by atoms with van der Waals surface area (Å²) in [7, 11) is 1.10. The monoisotopic (exact) mass is 455 g/mol. The van der Waals surface area contributed by atoms with E-state index in [1.54, 1.807) is 6.19 Å². The van der Waals surface area contributed by atoms with Crippen LogP contribution < -0.4 is 10.6 Å². The van der Waals surface area contributed by atoms with E-state index in [0.717, 1.165) is 27.9 Å². The largest absolute Gasteiger partial charge is 0.477 e. The van der Waals surface area contributed by atoms with Gasteiger partial charge >= 0.3 is 23.9 Å². The molecule has 1 heterocycles. The van der Waals surface area contributed by atoms with Gasteiger partial charge in [-0.3, -0.25) is 19.2 Å². The zero-order valence-corrected chi connectivity index (χ0v) is 18.2. The fourth-order valence-electron chi connectivity index (χ4n) is 2.99. The first-order chi connectivity index (χ1) is 15.0. The van der Waals surface area contributed by atoms with Crippen LogP contribution in [0, 0.1) is 11.5 Å². The van der Waals surface area contributed by atoms with E-state index in [4.69, 9.17) is 24.2 Å². The van der Waals surface area contributed by atoms with Gasteiger partial charge in [-0.2, -0.15) is 5.26 Å². The summed E-state index contributed by atoms with van der Waals surface area (Å²) in [5.41, 5.74) is 0. The van der Waals surface area contributed by atoms with Crippen LogP contribution in [0.15, 0.2) is 11.8 Å². The second kappa shape index (κ2) is 12.1. The Morgan fingerprint density at radius 3 is 2.19 bits per heavy atom. The van der Waals surface area contributed by atoms with E-state index >= 15 is 0 Å². The highest BCUT2D eigenvalue weighted by atomic mass is 16.6. The summed E-state index contributed by atoms with van der Waals surface area (Å²) in [6.45, 7) is 3.95. The zero-order chi connectivity index (χ0) is 24.4. The Morgan fingerprint density at radius 2 is 1.72 bits per heavy atom. The van der Waals surface area contributed by atoms with Crippen LogP contribution >= 0.6 is 0 Å². The number of esters is 4. The van der Waals surface area contributed by atoms with Gasteiger partial charge in [0.05, 0.1) is 19.2 Å². The summed E-state index contributed by atoms with van der Waals surface area (Å²) in [6.07, 6.45) is -1.29. The molecule has 0 aromatic heterocycles. The first kappa shape index (κ1) is 26.2. The normalized spacial score (nSPS) is 21.2. The molecule has 0 bridgehead atoms. The fraction of sp³-hybridized carbons (Fsp3) is 0.579. The summed E-state index contributed by atoms with van der Waals surface area (Å²) in [5.74, 6) is -4.11. The lowest BCUT2D eigenvalue weighted by Crippen LogP contribution is -2.63. The van der Waals surface area contributed by atoms with Gasteiger partial charge in [-0.1, -0.05) is 0 Å². The van der Waals surface area contributed by atoms with E-state index in [1.807, 2.05) is 0 Å². The second-order valence-electron chi connectivity index (χ2n) is 6.64. The van der Waals surface area contributed by atoms with Crippen LogP contribution in [0.1, 0.15) is 27.7 Å². The lowest BCUT2D eigenvalue weighted by atomic mass is 9.91. The van der Waals surface area contributed by atoms with Gasteiger partial charge in [-0.05, 0) is 6.08 Å². The topological polar surface area (TPSA) is 179 Å². The third-order valence-electron chi connectivity index (χ3n) is 4.08. The van der Waals surface area contributed by atoms with Crippen LogP contribution in [0.4, 0.5) is 0 Å². The Balaban J connectivity index is 3.54. The van der Waals surface area contributed by atoms with Gasteiger partial charge in [0.1, 0.15) is 6.61 Å². The molecule has 1 aliphatic heterocycles. The highest BCUT2D eigenvalue weighted by Crippen LogP contribution is 2.26. The maximum Gasteiger partial charge on any atom is 0.373 e. The Kier molecular flexibility index (Phi) is 9.94. The van der Waals surface area contributed by atoms with E-state index in [2.05, 4.69) is 15.4 Å². The predicted octanol–water partition coefficient (Wildman–Crippen LogP) is -1.19. The number of carbonyl (C=O) groups excluding carboxylic acids is 5. The highest BCUT2D eigenvalue weighted by molar-refractivity contribution is 5.86. The minimum absolute atomic E-state index is 0.349. The number of hydrogen-bond donors (Lipinski definition) is 2. The molecule has 5 atom stereocenters. The number of carbonyl (C=O) groups is 5. The number of hydrogen-bond acceptors (Lipinski definition) is 12. The van der Waals surface area contributed by atoms with Crippen molar-refractivity contribution in [3.8, 4) is 6.19 Å². The molecule has 0 aromatic carbocycles. The van der Waals surface area contributed by atoms with Gasteiger partial charge in [0.15, 0.2) is 24.5 Å². The molecule has 1 amide bonds. The van der Waals surface area contributed by atoms with E-state index in [9.17, 15) is 24.0 Å². The van der Waals surface area contributed by atoms with Crippen LogP contribution in [0.25, 0.3) is 0 Å². The standard InChI is InChI=1S/C19H25N3O10/c1-9(23)22-16-13(21-8-20)6-14(19(27)28-5)32-18(16)17(31-12(4)26)15(30-11(3)25)7-29-10(2)24/h6,13,15-18,21H,7H2,1-5H3,(H,22,23)/t13-,15+,16+,17+,18+/m0/s1. The zero-order valence-electron chi connectivity index (χ0n) is 18.2. The molecule has 32 heavy (non-hydrogen) atoms. The molecule has 1 aliphatic rings. The third kappa shape index (κ3) is 7.78. The summed E-state index contributed by atoms with van der Waals surface area (Å²) >= 11 is 0. The highest BCUT2D eigenvalue weighted by Gasteiger charge is 2.48. The lowest BCUT2D eigenvalue weighted by Gasteiger charge is -2.41. The summed E-state index contributed by atoms with van der Waals surface area (Å²) in [6, 6.07) is -2.08. The average molecular weight is 455 g/mol. The van der Waals surface area contributed by atoms with Gasteiger partial charge < -0.3 is 34.3 Å². The molecular formula is C19H25N3O10. The number of nitriles is 1. The van der Waals surface area contributed by atoms with Crippen LogP contribution in [0.2, 0.25) is 0 Å². The molecule has 13 nitrogen and oxygen atoms in total. The third-order valence-corrected chi connectivity index (χ3v) is 4.08. The van der Waals surface area contributed by atoms with Gasteiger partial charge in [0.25, 0.3) is 0 Å². The van der Waals surface area contributed by atoms with Crippen molar-refractivity contribution in [1.29, 1.82) is 5.26 Å². The molecule has 0 spiro atoms. The van der Waals surface area contributed by atoms with E-state index < -0.39 is 66.8 Å². The van der Waals surface area contributed by atoms with Gasteiger partial charge in [-0.15, -0.1) is 0 Å². The maximum atomic E-state index is 12.1. The molecule has 0 saturated heterocycles. The summed E-state index contributed by atoms with van der Waals surface area (Å²) < 4.78 is 25.7. The number of amides is 1. The number of nitrogens with one attached hydrogen (secondary N) is 2. The van der Waals surface area contributed by atoms with E-state index in [-0.39, 0.29) is 5.76 Å². The SMILES string of the molecule is COC(=O)C1=C[C@H](NC#N)[C@@H](NC(C)=O)[C@H]([C@H](OC(C)=O)[C@@H](COC(C)=O)OC(C)=O)O1. The average Bonchev–Trinajstić information content (AvgIpc) is 2.69. The smallest absolute Gasteiger partial charge is 0.373 e. The van der Waals surface area contributed by atoms with Crippen LogP contribution in [0.3, 0.4) is 0 Å². The van der Waals surface area contributed by atoms with Crippen molar-refractivity contribution >= 4 is 29.8 Å². The first-order valence-electron chi connectivity index (χ1n) is 9.36. The molecule has 0 unspecified atom stereocenters. The van der Waals surface area contributed by atoms with Gasteiger partial charge in [-0.25, -0.2) is 4.79 Å². The Bertz CT molecular complexity index is 819. The minimum Gasteiger partial charge on any atom is -0.477 e.